The minimum atomic E-state index is -0.857. The number of rotatable bonds is 8. The van der Waals surface area contributed by atoms with Crippen LogP contribution in [0.2, 0.25) is 0 Å². The molecule has 0 aliphatic heterocycles. The number of carboxylic acid groups (broad SMARTS) is 1. The molecule has 0 radical (unpaired) electrons. The van der Waals surface area contributed by atoms with E-state index in [1.54, 1.807) is 24.1 Å². The van der Waals surface area contributed by atoms with E-state index in [-0.39, 0.29) is 12.3 Å². The lowest BCUT2D eigenvalue weighted by Gasteiger charge is -2.23. The highest BCUT2D eigenvalue weighted by molar-refractivity contribution is 5.94. The second-order valence-electron chi connectivity index (χ2n) is 5.89. The first-order valence-corrected chi connectivity index (χ1v) is 8.21. The van der Waals surface area contributed by atoms with Crippen LogP contribution in [0.4, 0.5) is 0 Å². The molecule has 1 N–H and O–H groups in total. The Balaban J connectivity index is 2.20. The summed E-state index contributed by atoms with van der Waals surface area (Å²) in [4.78, 5) is 25.4. The maximum Gasteiger partial charge on any atom is 0.303 e. The van der Waals surface area contributed by atoms with Crippen molar-refractivity contribution in [2.45, 2.75) is 26.3 Å². The van der Waals surface area contributed by atoms with Gasteiger partial charge in [-0.25, -0.2) is 0 Å². The van der Waals surface area contributed by atoms with E-state index in [9.17, 15) is 9.59 Å². The molecule has 25 heavy (non-hydrogen) atoms. The molecule has 132 valence electrons. The van der Waals surface area contributed by atoms with Crippen LogP contribution < -0.4 is 4.74 Å². The minimum absolute atomic E-state index is 0.0375. The molecular weight excluding hydrogens is 318 g/mol. The Hall–Kier alpha value is -2.82. The van der Waals surface area contributed by atoms with E-state index in [1.165, 1.54) is 0 Å². The molecule has 5 nitrogen and oxygen atoms in total. The highest BCUT2D eigenvalue weighted by atomic mass is 16.5. The van der Waals surface area contributed by atoms with Crippen molar-refractivity contribution in [3.05, 3.63) is 65.2 Å². The molecule has 5 heteroatoms. The first-order valence-electron chi connectivity index (χ1n) is 8.21. The molecule has 2 aromatic carbocycles. The zero-order chi connectivity index (χ0) is 18.2. The number of ether oxygens (including phenoxy) is 1. The molecule has 0 aliphatic carbocycles. The van der Waals surface area contributed by atoms with Gasteiger partial charge in [0, 0.05) is 25.1 Å². The zero-order valence-corrected chi connectivity index (χ0v) is 14.6. The molecule has 0 saturated carbocycles. The van der Waals surface area contributed by atoms with E-state index >= 15 is 0 Å². The van der Waals surface area contributed by atoms with Gasteiger partial charge in [0.2, 0.25) is 0 Å². The SMILES string of the molecule is COc1cc(C(=O)N(CCCC(=O)O)Cc2ccccc2)ccc1C. The topological polar surface area (TPSA) is 66.8 Å². The smallest absolute Gasteiger partial charge is 0.303 e. The summed E-state index contributed by atoms with van der Waals surface area (Å²) in [7, 11) is 1.57. The Morgan fingerprint density at radius 3 is 2.48 bits per heavy atom. The van der Waals surface area contributed by atoms with Crippen LogP contribution in [0, 0.1) is 6.92 Å². The molecule has 2 rings (SSSR count). The summed E-state index contributed by atoms with van der Waals surface area (Å²) >= 11 is 0. The molecule has 2 aromatic rings. The maximum atomic E-state index is 12.9. The largest absolute Gasteiger partial charge is 0.496 e. The minimum Gasteiger partial charge on any atom is -0.496 e. The van der Waals surface area contributed by atoms with Crippen LogP contribution >= 0.6 is 0 Å². The van der Waals surface area contributed by atoms with Gasteiger partial charge >= 0.3 is 5.97 Å². The number of aliphatic carboxylic acids is 1. The number of nitrogens with zero attached hydrogens (tertiary/aromatic N) is 1. The molecule has 0 fully saturated rings. The van der Waals surface area contributed by atoms with Gasteiger partial charge < -0.3 is 14.7 Å². The second kappa shape index (κ2) is 8.87. The summed E-state index contributed by atoms with van der Waals surface area (Å²) < 4.78 is 5.30. The van der Waals surface area contributed by atoms with Crippen LogP contribution in [0.25, 0.3) is 0 Å². The Bertz CT molecular complexity index is 728. The van der Waals surface area contributed by atoms with Gasteiger partial charge in [-0.15, -0.1) is 0 Å². The van der Waals surface area contributed by atoms with Crippen molar-refractivity contribution in [3.8, 4) is 5.75 Å². The van der Waals surface area contributed by atoms with Gasteiger partial charge in [-0.05, 0) is 36.6 Å². The molecule has 0 heterocycles. The fourth-order valence-corrected chi connectivity index (χ4v) is 2.61. The van der Waals surface area contributed by atoms with Crippen LogP contribution in [0.3, 0.4) is 0 Å². The van der Waals surface area contributed by atoms with Crippen molar-refractivity contribution in [2.75, 3.05) is 13.7 Å². The molecule has 0 bridgehead atoms. The van der Waals surface area contributed by atoms with E-state index in [0.29, 0.717) is 30.8 Å². The van der Waals surface area contributed by atoms with Crippen LogP contribution in [0.5, 0.6) is 5.75 Å². The third kappa shape index (κ3) is 5.35. The average molecular weight is 341 g/mol. The molecule has 0 aliphatic rings. The third-order valence-corrected chi connectivity index (χ3v) is 3.98. The highest BCUT2D eigenvalue weighted by Crippen LogP contribution is 2.21. The van der Waals surface area contributed by atoms with Crippen LogP contribution in [-0.4, -0.2) is 35.5 Å². The number of methoxy groups -OCH3 is 1. The average Bonchev–Trinajstić information content (AvgIpc) is 2.61. The van der Waals surface area contributed by atoms with Crippen molar-refractivity contribution in [3.63, 3.8) is 0 Å². The number of hydrogen-bond acceptors (Lipinski definition) is 3. The molecule has 0 aromatic heterocycles. The normalized spacial score (nSPS) is 10.3. The Morgan fingerprint density at radius 1 is 1.12 bits per heavy atom. The fraction of sp³-hybridized carbons (Fsp3) is 0.300. The number of carbonyl (C=O) groups excluding carboxylic acids is 1. The van der Waals surface area contributed by atoms with Gasteiger partial charge in [0.25, 0.3) is 5.91 Å². The van der Waals surface area contributed by atoms with E-state index in [0.717, 1.165) is 11.1 Å². The monoisotopic (exact) mass is 341 g/mol. The van der Waals surface area contributed by atoms with Crippen molar-refractivity contribution in [1.29, 1.82) is 0 Å². The van der Waals surface area contributed by atoms with Crippen molar-refractivity contribution >= 4 is 11.9 Å². The van der Waals surface area contributed by atoms with E-state index in [2.05, 4.69) is 0 Å². The third-order valence-electron chi connectivity index (χ3n) is 3.98. The van der Waals surface area contributed by atoms with E-state index in [1.807, 2.05) is 43.3 Å². The lowest BCUT2D eigenvalue weighted by Crippen LogP contribution is -2.32. The van der Waals surface area contributed by atoms with Gasteiger partial charge in [0.15, 0.2) is 0 Å². The standard InChI is InChI=1S/C20H23NO4/c1-15-10-11-17(13-18(15)25-2)20(24)21(12-6-9-19(22)23)14-16-7-4-3-5-8-16/h3-5,7-8,10-11,13H,6,9,12,14H2,1-2H3,(H,22,23). The number of aryl methyl sites for hydroxylation is 1. The number of hydrogen-bond donors (Lipinski definition) is 1. The molecule has 1 amide bonds. The predicted octanol–water partition coefficient (Wildman–Crippen LogP) is 3.51. The van der Waals surface area contributed by atoms with E-state index in [4.69, 9.17) is 9.84 Å². The quantitative estimate of drug-likeness (QED) is 0.798. The molecule has 0 saturated heterocycles. The van der Waals surface area contributed by atoms with Crippen LogP contribution in [-0.2, 0) is 11.3 Å². The highest BCUT2D eigenvalue weighted by Gasteiger charge is 2.17. The van der Waals surface area contributed by atoms with Crippen molar-refractivity contribution in [2.24, 2.45) is 0 Å². The summed E-state index contributed by atoms with van der Waals surface area (Å²) in [6, 6.07) is 15.0. The summed E-state index contributed by atoms with van der Waals surface area (Å²) in [5.41, 5.74) is 2.50. The first kappa shape index (κ1) is 18.5. The summed E-state index contributed by atoms with van der Waals surface area (Å²) in [6.07, 6.45) is 0.451. The van der Waals surface area contributed by atoms with Gasteiger partial charge in [-0.1, -0.05) is 36.4 Å². The van der Waals surface area contributed by atoms with Crippen molar-refractivity contribution in [1.82, 2.24) is 4.90 Å². The molecule has 0 atom stereocenters. The Morgan fingerprint density at radius 2 is 1.84 bits per heavy atom. The predicted molar refractivity (Wildman–Crippen MR) is 95.8 cm³/mol. The summed E-state index contributed by atoms with van der Waals surface area (Å²) in [5.74, 6) is -0.326. The number of amides is 1. The van der Waals surface area contributed by atoms with Gasteiger partial charge in [0.05, 0.1) is 7.11 Å². The molecule has 0 unspecified atom stereocenters. The van der Waals surface area contributed by atoms with Gasteiger partial charge in [-0.3, -0.25) is 9.59 Å². The van der Waals surface area contributed by atoms with Gasteiger partial charge in [0.1, 0.15) is 5.75 Å². The van der Waals surface area contributed by atoms with Crippen LogP contribution in [0.15, 0.2) is 48.5 Å². The maximum absolute atomic E-state index is 12.9. The number of benzene rings is 2. The fourth-order valence-electron chi connectivity index (χ4n) is 2.61. The molecule has 0 spiro atoms. The number of carboxylic acids is 1. The first-order chi connectivity index (χ1) is 12.0. The van der Waals surface area contributed by atoms with Gasteiger partial charge in [-0.2, -0.15) is 0 Å². The van der Waals surface area contributed by atoms with Crippen LogP contribution in [0.1, 0.15) is 34.3 Å². The molecular formula is C20H23NO4. The lowest BCUT2D eigenvalue weighted by molar-refractivity contribution is -0.137. The summed E-state index contributed by atoms with van der Waals surface area (Å²) in [6.45, 7) is 2.74. The number of carbonyl (C=O) groups is 2. The zero-order valence-electron chi connectivity index (χ0n) is 14.6. The summed E-state index contributed by atoms with van der Waals surface area (Å²) in [5, 5.41) is 8.85. The van der Waals surface area contributed by atoms with Crippen molar-refractivity contribution < 1.29 is 19.4 Å². The lowest BCUT2D eigenvalue weighted by atomic mass is 10.1. The Labute approximate surface area is 147 Å². The second-order valence-corrected chi connectivity index (χ2v) is 5.89. The van der Waals surface area contributed by atoms with E-state index < -0.39 is 5.97 Å². The Kier molecular flexibility index (Phi) is 6.57.